The van der Waals surface area contributed by atoms with Gasteiger partial charge >= 0.3 is 12.0 Å². The molecule has 8 nitrogen and oxygen atoms in total. The first-order valence-electron chi connectivity index (χ1n) is 5.38. The van der Waals surface area contributed by atoms with E-state index in [4.69, 9.17) is 5.11 Å². The summed E-state index contributed by atoms with van der Waals surface area (Å²) in [5, 5.41) is 20.2. The standard InChI is InChI=1S/C11H11N5O3/c17-10(18)7-3-1-2-4-8(7)15-11(19)12-5-9-13-6-14-16-9/h1-4,6H,5H2,(H,17,18)(H2,12,15,19)(H,13,14,16). The molecule has 2 amide bonds. The second-order valence-electron chi connectivity index (χ2n) is 3.59. The molecule has 0 aliphatic rings. The molecule has 0 aliphatic carbocycles. The normalized spacial score (nSPS) is 9.89. The molecule has 0 saturated heterocycles. The number of para-hydroxylation sites is 1. The van der Waals surface area contributed by atoms with Crippen LogP contribution in [0.3, 0.4) is 0 Å². The maximum atomic E-state index is 11.6. The van der Waals surface area contributed by atoms with Gasteiger partial charge in [-0.15, -0.1) is 0 Å². The number of aromatic carboxylic acids is 1. The summed E-state index contributed by atoms with van der Waals surface area (Å²) in [6, 6.07) is 5.62. The van der Waals surface area contributed by atoms with Crippen molar-refractivity contribution < 1.29 is 14.7 Å². The third-order valence-electron chi connectivity index (χ3n) is 2.29. The monoisotopic (exact) mass is 261 g/mol. The molecule has 98 valence electrons. The van der Waals surface area contributed by atoms with E-state index in [1.54, 1.807) is 12.1 Å². The van der Waals surface area contributed by atoms with Crippen molar-refractivity contribution in [2.75, 3.05) is 5.32 Å². The molecule has 1 heterocycles. The van der Waals surface area contributed by atoms with Crippen molar-refractivity contribution >= 4 is 17.7 Å². The highest BCUT2D eigenvalue weighted by Crippen LogP contribution is 2.14. The van der Waals surface area contributed by atoms with E-state index in [1.807, 2.05) is 0 Å². The van der Waals surface area contributed by atoms with Crippen molar-refractivity contribution in [2.24, 2.45) is 0 Å². The summed E-state index contributed by atoms with van der Waals surface area (Å²) in [7, 11) is 0. The second kappa shape index (κ2) is 5.63. The Labute approximate surface area is 107 Å². The van der Waals surface area contributed by atoms with E-state index in [9.17, 15) is 9.59 Å². The van der Waals surface area contributed by atoms with Crippen LogP contribution in [0.2, 0.25) is 0 Å². The van der Waals surface area contributed by atoms with E-state index in [0.29, 0.717) is 5.82 Å². The number of rotatable bonds is 4. The van der Waals surface area contributed by atoms with Crippen molar-refractivity contribution in [3.8, 4) is 0 Å². The van der Waals surface area contributed by atoms with Crippen LogP contribution in [-0.4, -0.2) is 32.3 Å². The predicted molar refractivity (Wildman–Crippen MR) is 65.6 cm³/mol. The van der Waals surface area contributed by atoms with Gasteiger partial charge in [-0.05, 0) is 12.1 Å². The molecule has 8 heteroatoms. The Morgan fingerprint density at radius 1 is 1.32 bits per heavy atom. The minimum Gasteiger partial charge on any atom is -0.478 e. The maximum absolute atomic E-state index is 11.6. The molecule has 0 spiro atoms. The van der Waals surface area contributed by atoms with E-state index in [0.717, 1.165) is 0 Å². The van der Waals surface area contributed by atoms with Gasteiger partial charge in [0, 0.05) is 0 Å². The number of hydrogen-bond donors (Lipinski definition) is 4. The Morgan fingerprint density at radius 3 is 2.79 bits per heavy atom. The summed E-state index contributed by atoms with van der Waals surface area (Å²) in [4.78, 5) is 26.4. The summed E-state index contributed by atoms with van der Waals surface area (Å²) < 4.78 is 0. The van der Waals surface area contributed by atoms with Gasteiger partial charge < -0.3 is 15.7 Å². The number of carbonyl (C=O) groups is 2. The van der Waals surface area contributed by atoms with Gasteiger partial charge in [-0.1, -0.05) is 12.1 Å². The SMILES string of the molecule is O=C(NCc1ncn[nH]1)Nc1ccccc1C(=O)O. The molecular formula is C11H11N5O3. The summed E-state index contributed by atoms with van der Waals surface area (Å²) in [6.45, 7) is 0.168. The first kappa shape index (κ1) is 12.6. The summed E-state index contributed by atoms with van der Waals surface area (Å²) in [6.07, 6.45) is 1.33. The van der Waals surface area contributed by atoms with Gasteiger partial charge in [0.2, 0.25) is 0 Å². The van der Waals surface area contributed by atoms with Crippen LogP contribution in [0.4, 0.5) is 10.5 Å². The second-order valence-corrected chi connectivity index (χ2v) is 3.59. The number of carboxylic acid groups (broad SMARTS) is 1. The van der Waals surface area contributed by atoms with Crippen LogP contribution in [0.5, 0.6) is 0 Å². The molecular weight excluding hydrogens is 250 g/mol. The Kier molecular flexibility index (Phi) is 3.72. The zero-order valence-electron chi connectivity index (χ0n) is 9.75. The number of carboxylic acids is 1. The lowest BCUT2D eigenvalue weighted by molar-refractivity contribution is 0.0698. The zero-order valence-corrected chi connectivity index (χ0v) is 9.75. The molecule has 0 radical (unpaired) electrons. The number of carbonyl (C=O) groups excluding carboxylic acids is 1. The van der Waals surface area contributed by atoms with E-state index in [2.05, 4.69) is 25.8 Å². The fraction of sp³-hybridized carbons (Fsp3) is 0.0909. The highest BCUT2D eigenvalue weighted by Gasteiger charge is 2.11. The minimum atomic E-state index is -1.11. The minimum absolute atomic E-state index is 0.0253. The highest BCUT2D eigenvalue weighted by molar-refractivity contribution is 5.99. The molecule has 0 atom stereocenters. The van der Waals surface area contributed by atoms with Gasteiger partial charge in [0.05, 0.1) is 17.8 Å². The lowest BCUT2D eigenvalue weighted by atomic mass is 10.2. The number of aromatic amines is 1. The molecule has 0 aliphatic heterocycles. The number of H-pyrrole nitrogens is 1. The molecule has 19 heavy (non-hydrogen) atoms. The van der Waals surface area contributed by atoms with Crippen LogP contribution in [0.15, 0.2) is 30.6 Å². The lowest BCUT2D eigenvalue weighted by Crippen LogP contribution is -2.29. The molecule has 0 bridgehead atoms. The number of benzene rings is 1. The van der Waals surface area contributed by atoms with E-state index >= 15 is 0 Å². The Bertz CT molecular complexity index is 582. The number of hydrogen-bond acceptors (Lipinski definition) is 4. The van der Waals surface area contributed by atoms with Gasteiger partial charge in [-0.25, -0.2) is 14.6 Å². The number of amides is 2. The number of urea groups is 1. The molecule has 1 aromatic carbocycles. The quantitative estimate of drug-likeness (QED) is 0.649. The fourth-order valence-corrected chi connectivity index (χ4v) is 1.43. The summed E-state index contributed by atoms with van der Waals surface area (Å²) in [5.41, 5.74) is 0.252. The van der Waals surface area contributed by atoms with Crippen molar-refractivity contribution in [3.63, 3.8) is 0 Å². The molecule has 0 saturated carbocycles. The third-order valence-corrected chi connectivity index (χ3v) is 2.29. The fourth-order valence-electron chi connectivity index (χ4n) is 1.43. The topological polar surface area (TPSA) is 120 Å². The van der Waals surface area contributed by atoms with Crippen LogP contribution in [0.1, 0.15) is 16.2 Å². The van der Waals surface area contributed by atoms with Gasteiger partial charge in [-0.2, -0.15) is 5.10 Å². The molecule has 2 rings (SSSR count). The van der Waals surface area contributed by atoms with Crippen LogP contribution < -0.4 is 10.6 Å². The zero-order chi connectivity index (χ0) is 13.7. The van der Waals surface area contributed by atoms with Crippen LogP contribution in [0.25, 0.3) is 0 Å². The van der Waals surface area contributed by atoms with Gasteiger partial charge in [0.1, 0.15) is 12.2 Å². The van der Waals surface area contributed by atoms with Crippen LogP contribution >= 0.6 is 0 Å². The first-order valence-corrected chi connectivity index (χ1v) is 5.38. The van der Waals surface area contributed by atoms with Crippen molar-refractivity contribution in [3.05, 3.63) is 42.0 Å². The third kappa shape index (κ3) is 3.28. The summed E-state index contributed by atoms with van der Waals surface area (Å²) >= 11 is 0. The summed E-state index contributed by atoms with van der Waals surface area (Å²) in [5.74, 6) is -0.604. The Hall–Kier alpha value is -2.90. The van der Waals surface area contributed by atoms with E-state index in [1.165, 1.54) is 18.5 Å². The van der Waals surface area contributed by atoms with Gasteiger partial charge in [-0.3, -0.25) is 5.10 Å². The average molecular weight is 261 g/mol. The number of aromatic nitrogens is 3. The number of nitrogens with one attached hydrogen (secondary N) is 3. The Balaban J connectivity index is 1.97. The van der Waals surface area contributed by atoms with E-state index in [-0.39, 0.29) is 17.8 Å². The average Bonchev–Trinajstić information content (AvgIpc) is 2.90. The highest BCUT2D eigenvalue weighted by atomic mass is 16.4. The van der Waals surface area contributed by atoms with Crippen molar-refractivity contribution in [1.82, 2.24) is 20.5 Å². The van der Waals surface area contributed by atoms with Crippen molar-refractivity contribution in [1.29, 1.82) is 0 Å². The smallest absolute Gasteiger partial charge is 0.337 e. The number of anilines is 1. The van der Waals surface area contributed by atoms with Crippen LogP contribution in [-0.2, 0) is 6.54 Å². The van der Waals surface area contributed by atoms with Crippen LogP contribution in [0, 0.1) is 0 Å². The maximum Gasteiger partial charge on any atom is 0.337 e. The molecule has 4 N–H and O–H groups in total. The van der Waals surface area contributed by atoms with Gasteiger partial charge in [0.25, 0.3) is 0 Å². The predicted octanol–water partition coefficient (Wildman–Crippen LogP) is 0.825. The molecule has 2 aromatic rings. The molecule has 0 fully saturated rings. The molecule has 0 unspecified atom stereocenters. The Morgan fingerprint density at radius 2 is 2.11 bits per heavy atom. The lowest BCUT2D eigenvalue weighted by Gasteiger charge is -2.08. The number of nitrogens with zero attached hydrogens (tertiary/aromatic N) is 2. The van der Waals surface area contributed by atoms with E-state index < -0.39 is 12.0 Å². The largest absolute Gasteiger partial charge is 0.478 e. The van der Waals surface area contributed by atoms with Crippen molar-refractivity contribution in [2.45, 2.75) is 6.54 Å². The first-order chi connectivity index (χ1) is 9.16. The molecule has 1 aromatic heterocycles. The van der Waals surface area contributed by atoms with Gasteiger partial charge in [0.15, 0.2) is 0 Å².